The van der Waals surface area contributed by atoms with E-state index in [1.54, 1.807) is 24.5 Å². The molecule has 3 rings (SSSR count). The first-order chi connectivity index (χ1) is 10.1. The molecule has 0 aliphatic carbocycles. The lowest BCUT2D eigenvalue weighted by Gasteiger charge is -1.96. The molecule has 2 aromatic heterocycles. The van der Waals surface area contributed by atoms with Gasteiger partial charge in [0, 0.05) is 18.0 Å². The molecule has 0 aliphatic rings. The Morgan fingerprint density at radius 3 is 2.67 bits per heavy atom. The SMILES string of the molecule is Cc1cnc(-c2noc(-c3cccc(C(=O)O)c3)n2)nc1. The first-order valence-electron chi connectivity index (χ1n) is 6.10. The molecule has 0 unspecified atom stereocenters. The van der Waals surface area contributed by atoms with E-state index in [-0.39, 0.29) is 17.3 Å². The highest BCUT2D eigenvalue weighted by Gasteiger charge is 2.14. The maximum absolute atomic E-state index is 11.0. The third-order valence-electron chi connectivity index (χ3n) is 2.76. The Hall–Kier alpha value is -3.09. The maximum atomic E-state index is 11.0. The lowest BCUT2D eigenvalue weighted by atomic mass is 10.1. The molecule has 0 bridgehead atoms. The van der Waals surface area contributed by atoms with E-state index in [0.717, 1.165) is 5.56 Å². The van der Waals surface area contributed by atoms with Crippen LogP contribution >= 0.6 is 0 Å². The number of hydrogen-bond acceptors (Lipinski definition) is 6. The molecule has 104 valence electrons. The van der Waals surface area contributed by atoms with E-state index < -0.39 is 5.97 Å². The van der Waals surface area contributed by atoms with E-state index in [9.17, 15) is 4.79 Å². The van der Waals surface area contributed by atoms with Crippen molar-refractivity contribution >= 4 is 5.97 Å². The Morgan fingerprint density at radius 1 is 1.19 bits per heavy atom. The first-order valence-corrected chi connectivity index (χ1v) is 6.10. The van der Waals surface area contributed by atoms with Crippen LogP contribution in [0.3, 0.4) is 0 Å². The quantitative estimate of drug-likeness (QED) is 0.785. The number of carbonyl (C=O) groups is 1. The number of nitrogens with zero attached hydrogens (tertiary/aromatic N) is 4. The molecule has 0 saturated carbocycles. The highest BCUT2D eigenvalue weighted by atomic mass is 16.5. The van der Waals surface area contributed by atoms with Crippen LogP contribution < -0.4 is 0 Å². The normalized spacial score (nSPS) is 10.5. The minimum absolute atomic E-state index is 0.152. The summed E-state index contributed by atoms with van der Waals surface area (Å²) in [6.07, 6.45) is 3.31. The molecule has 3 aromatic rings. The van der Waals surface area contributed by atoms with Gasteiger partial charge in [0.2, 0.25) is 11.6 Å². The topological polar surface area (TPSA) is 102 Å². The van der Waals surface area contributed by atoms with Gasteiger partial charge in [-0.25, -0.2) is 14.8 Å². The summed E-state index contributed by atoms with van der Waals surface area (Å²) in [4.78, 5) is 23.4. The first kappa shape index (κ1) is 12.9. The van der Waals surface area contributed by atoms with E-state index >= 15 is 0 Å². The standard InChI is InChI=1S/C14H10N4O3/c1-8-6-15-11(16-7-8)12-17-13(21-18-12)9-3-2-4-10(5-9)14(19)20/h2-7H,1H3,(H,19,20). The summed E-state index contributed by atoms with van der Waals surface area (Å²) in [6.45, 7) is 1.88. The number of hydrogen-bond donors (Lipinski definition) is 1. The molecule has 0 amide bonds. The van der Waals surface area contributed by atoms with Gasteiger partial charge in [-0.15, -0.1) is 0 Å². The molecule has 0 aliphatic heterocycles. The van der Waals surface area contributed by atoms with Gasteiger partial charge in [-0.1, -0.05) is 11.2 Å². The zero-order valence-electron chi connectivity index (χ0n) is 11.0. The van der Waals surface area contributed by atoms with Gasteiger partial charge in [-0.05, 0) is 30.7 Å². The monoisotopic (exact) mass is 282 g/mol. The Morgan fingerprint density at radius 2 is 1.95 bits per heavy atom. The minimum atomic E-state index is -1.02. The van der Waals surface area contributed by atoms with Crippen molar-refractivity contribution in [3.63, 3.8) is 0 Å². The molecule has 0 radical (unpaired) electrons. The van der Waals surface area contributed by atoms with Gasteiger partial charge in [0.05, 0.1) is 5.56 Å². The van der Waals surface area contributed by atoms with E-state index in [1.165, 1.54) is 12.1 Å². The van der Waals surface area contributed by atoms with Gasteiger partial charge in [0.25, 0.3) is 5.89 Å². The van der Waals surface area contributed by atoms with Crippen LogP contribution in [-0.2, 0) is 0 Å². The Bertz CT molecular complexity index is 796. The van der Waals surface area contributed by atoms with Crippen LogP contribution in [0.1, 0.15) is 15.9 Å². The average Bonchev–Trinajstić information content (AvgIpc) is 2.98. The predicted molar refractivity (Wildman–Crippen MR) is 72.5 cm³/mol. The van der Waals surface area contributed by atoms with Gasteiger partial charge in [-0.3, -0.25) is 0 Å². The smallest absolute Gasteiger partial charge is 0.335 e. The molecule has 7 heteroatoms. The second-order valence-electron chi connectivity index (χ2n) is 4.39. The number of benzene rings is 1. The van der Waals surface area contributed by atoms with E-state index in [2.05, 4.69) is 20.1 Å². The number of aromatic carboxylic acids is 1. The van der Waals surface area contributed by atoms with Gasteiger partial charge >= 0.3 is 5.97 Å². The van der Waals surface area contributed by atoms with Gasteiger partial charge in [0.15, 0.2) is 0 Å². The van der Waals surface area contributed by atoms with Crippen LogP contribution in [0.25, 0.3) is 23.1 Å². The molecule has 1 N–H and O–H groups in total. The van der Waals surface area contributed by atoms with Crippen molar-refractivity contribution in [3.05, 3.63) is 47.8 Å². The fourth-order valence-electron chi connectivity index (χ4n) is 1.72. The van der Waals surface area contributed by atoms with Gasteiger partial charge < -0.3 is 9.63 Å². The van der Waals surface area contributed by atoms with Crippen molar-refractivity contribution < 1.29 is 14.4 Å². The van der Waals surface area contributed by atoms with Crippen LogP contribution in [0.5, 0.6) is 0 Å². The fourth-order valence-corrected chi connectivity index (χ4v) is 1.72. The fraction of sp³-hybridized carbons (Fsp3) is 0.0714. The number of rotatable bonds is 3. The molecule has 0 fully saturated rings. The second kappa shape index (κ2) is 5.12. The van der Waals surface area contributed by atoms with E-state index in [4.69, 9.17) is 9.63 Å². The lowest BCUT2D eigenvalue weighted by Crippen LogP contribution is -1.95. The summed E-state index contributed by atoms with van der Waals surface area (Å²) in [7, 11) is 0. The third-order valence-corrected chi connectivity index (χ3v) is 2.76. The summed E-state index contributed by atoms with van der Waals surface area (Å²) >= 11 is 0. The molecule has 0 spiro atoms. The molecule has 1 aromatic carbocycles. The van der Waals surface area contributed by atoms with Crippen molar-refractivity contribution in [3.8, 4) is 23.1 Å². The van der Waals surface area contributed by atoms with Crippen LogP contribution in [0, 0.1) is 6.92 Å². The molecule has 7 nitrogen and oxygen atoms in total. The van der Waals surface area contributed by atoms with Crippen LogP contribution in [0.2, 0.25) is 0 Å². The number of aryl methyl sites for hydroxylation is 1. The summed E-state index contributed by atoms with van der Waals surface area (Å²) in [5.74, 6) is -0.188. The van der Waals surface area contributed by atoms with Crippen molar-refractivity contribution in [1.29, 1.82) is 0 Å². The second-order valence-corrected chi connectivity index (χ2v) is 4.39. The van der Waals surface area contributed by atoms with Crippen LogP contribution in [-0.4, -0.2) is 31.2 Å². The molecular formula is C14H10N4O3. The average molecular weight is 282 g/mol. The molecule has 2 heterocycles. The Labute approximate surface area is 119 Å². The number of aromatic nitrogens is 4. The number of carboxylic acids is 1. The van der Waals surface area contributed by atoms with Crippen molar-refractivity contribution in [2.45, 2.75) is 6.92 Å². The maximum Gasteiger partial charge on any atom is 0.335 e. The largest absolute Gasteiger partial charge is 0.478 e. The predicted octanol–water partition coefficient (Wildman–Crippen LogP) is 2.20. The van der Waals surface area contributed by atoms with Crippen molar-refractivity contribution in [2.75, 3.05) is 0 Å². The minimum Gasteiger partial charge on any atom is -0.478 e. The molecular weight excluding hydrogens is 272 g/mol. The zero-order valence-corrected chi connectivity index (χ0v) is 11.0. The van der Waals surface area contributed by atoms with E-state index in [0.29, 0.717) is 11.4 Å². The molecule has 0 saturated heterocycles. The third kappa shape index (κ3) is 2.62. The van der Waals surface area contributed by atoms with Crippen LogP contribution in [0.4, 0.5) is 0 Å². The highest BCUT2D eigenvalue weighted by Crippen LogP contribution is 2.21. The van der Waals surface area contributed by atoms with Crippen LogP contribution in [0.15, 0.2) is 41.2 Å². The van der Waals surface area contributed by atoms with Gasteiger partial charge in [-0.2, -0.15) is 4.98 Å². The van der Waals surface area contributed by atoms with Crippen molar-refractivity contribution in [1.82, 2.24) is 20.1 Å². The molecule has 21 heavy (non-hydrogen) atoms. The highest BCUT2D eigenvalue weighted by molar-refractivity contribution is 5.88. The molecule has 0 atom stereocenters. The van der Waals surface area contributed by atoms with Crippen molar-refractivity contribution in [2.24, 2.45) is 0 Å². The summed E-state index contributed by atoms with van der Waals surface area (Å²) in [5.41, 5.74) is 1.61. The summed E-state index contributed by atoms with van der Waals surface area (Å²) in [5, 5.41) is 12.8. The van der Waals surface area contributed by atoms with Gasteiger partial charge in [0.1, 0.15) is 0 Å². The van der Waals surface area contributed by atoms with E-state index in [1.807, 2.05) is 6.92 Å². The lowest BCUT2D eigenvalue weighted by molar-refractivity contribution is 0.0697. The zero-order chi connectivity index (χ0) is 14.8. The number of carboxylic acid groups (broad SMARTS) is 1. The Kier molecular flexibility index (Phi) is 3.15. The summed E-state index contributed by atoms with van der Waals surface area (Å²) in [6, 6.07) is 6.27. The Balaban J connectivity index is 1.96. The summed E-state index contributed by atoms with van der Waals surface area (Å²) < 4.78 is 5.14.